The predicted molar refractivity (Wildman–Crippen MR) is 73.4 cm³/mol. The average molecular weight is 239 g/mol. The lowest BCUT2D eigenvalue weighted by atomic mass is 9.80. The number of rotatable bonds is 5. The molecule has 0 aliphatic carbocycles. The second kappa shape index (κ2) is 5.72. The van der Waals surface area contributed by atoms with Gasteiger partial charge in [-0.05, 0) is 43.2 Å². The van der Waals surface area contributed by atoms with Gasteiger partial charge in [0, 0.05) is 5.88 Å². The Labute approximate surface area is 105 Å². The first-order valence-corrected chi connectivity index (χ1v) is 6.66. The van der Waals surface area contributed by atoms with Crippen LogP contribution in [0.3, 0.4) is 0 Å². The number of halogens is 1. The maximum atomic E-state index is 6.13. The third-order valence-electron chi connectivity index (χ3n) is 3.30. The van der Waals surface area contributed by atoms with Crippen LogP contribution in [0.4, 0.5) is 0 Å². The van der Waals surface area contributed by atoms with Crippen LogP contribution in [0.25, 0.3) is 0 Å². The lowest BCUT2D eigenvalue weighted by Gasteiger charge is -2.27. The number of hydrogen-bond acceptors (Lipinski definition) is 0. The fourth-order valence-corrected chi connectivity index (χ4v) is 2.48. The summed E-state index contributed by atoms with van der Waals surface area (Å²) in [5, 5.41) is 0. The Kier molecular flexibility index (Phi) is 4.86. The molecule has 1 heteroatoms. The van der Waals surface area contributed by atoms with Gasteiger partial charge in [-0.25, -0.2) is 0 Å². The van der Waals surface area contributed by atoms with Crippen LogP contribution in [0.2, 0.25) is 0 Å². The molecule has 1 atom stereocenters. The molecule has 16 heavy (non-hydrogen) atoms. The molecule has 1 rings (SSSR count). The van der Waals surface area contributed by atoms with Crippen LogP contribution in [0.15, 0.2) is 18.2 Å². The summed E-state index contributed by atoms with van der Waals surface area (Å²) in [6.45, 7) is 8.87. The van der Waals surface area contributed by atoms with Crippen LogP contribution in [0.5, 0.6) is 0 Å². The zero-order valence-corrected chi connectivity index (χ0v) is 11.7. The summed E-state index contributed by atoms with van der Waals surface area (Å²) in [7, 11) is 0. The Balaban J connectivity index is 2.89. The number of alkyl halides is 1. The van der Waals surface area contributed by atoms with Gasteiger partial charge in [-0.2, -0.15) is 0 Å². The van der Waals surface area contributed by atoms with E-state index in [4.69, 9.17) is 11.6 Å². The molecule has 1 aromatic rings. The minimum absolute atomic E-state index is 0.245. The van der Waals surface area contributed by atoms with Gasteiger partial charge in [0.2, 0.25) is 0 Å². The van der Waals surface area contributed by atoms with Crippen molar-refractivity contribution in [1.29, 1.82) is 0 Å². The third kappa shape index (κ3) is 3.52. The summed E-state index contributed by atoms with van der Waals surface area (Å²) in [6.07, 6.45) is 3.50. The lowest BCUT2D eigenvalue weighted by molar-refractivity contribution is 0.334. The van der Waals surface area contributed by atoms with E-state index in [2.05, 4.69) is 45.9 Å². The fraction of sp³-hybridized carbons (Fsp3) is 0.600. The van der Waals surface area contributed by atoms with E-state index in [0.29, 0.717) is 0 Å². The molecule has 1 unspecified atom stereocenters. The van der Waals surface area contributed by atoms with Crippen LogP contribution in [0.1, 0.15) is 43.4 Å². The van der Waals surface area contributed by atoms with E-state index in [1.807, 2.05) is 0 Å². The molecule has 0 aromatic heterocycles. The molecule has 0 saturated heterocycles. The Morgan fingerprint density at radius 3 is 2.50 bits per heavy atom. The maximum absolute atomic E-state index is 6.13. The largest absolute Gasteiger partial charge is 0.126 e. The molecule has 0 aliphatic heterocycles. The maximum Gasteiger partial charge on any atom is 0.0280 e. The van der Waals surface area contributed by atoms with Gasteiger partial charge in [0.05, 0.1) is 0 Å². The number of aryl methyl sites for hydroxylation is 2. The van der Waals surface area contributed by atoms with E-state index in [1.54, 1.807) is 0 Å². The Morgan fingerprint density at radius 2 is 1.94 bits per heavy atom. The second-order valence-corrected chi connectivity index (χ2v) is 5.57. The molecule has 0 spiro atoms. The van der Waals surface area contributed by atoms with Gasteiger partial charge >= 0.3 is 0 Å². The van der Waals surface area contributed by atoms with Crippen LogP contribution in [-0.4, -0.2) is 5.88 Å². The zero-order valence-electron chi connectivity index (χ0n) is 10.9. The number of hydrogen-bond donors (Lipinski definition) is 0. The van der Waals surface area contributed by atoms with E-state index in [1.165, 1.54) is 29.5 Å². The Hall–Kier alpha value is -0.490. The highest BCUT2D eigenvalue weighted by Crippen LogP contribution is 2.31. The summed E-state index contributed by atoms with van der Waals surface area (Å²) in [6, 6.07) is 6.69. The van der Waals surface area contributed by atoms with Crippen molar-refractivity contribution in [2.45, 2.75) is 47.0 Å². The minimum Gasteiger partial charge on any atom is -0.126 e. The van der Waals surface area contributed by atoms with Gasteiger partial charge in [-0.15, -0.1) is 11.6 Å². The highest BCUT2D eigenvalue weighted by molar-refractivity contribution is 6.18. The molecule has 1 aromatic carbocycles. The average Bonchev–Trinajstić information content (AvgIpc) is 2.24. The van der Waals surface area contributed by atoms with E-state index in [9.17, 15) is 0 Å². The van der Waals surface area contributed by atoms with Crippen molar-refractivity contribution in [1.82, 2.24) is 0 Å². The molecule has 0 amide bonds. The van der Waals surface area contributed by atoms with Crippen molar-refractivity contribution in [2.24, 2.45) is 5.41 Å². The minimum atomic E-state index is 0.245. The molecule has 0 N–H and O–H groups in total. The molecule has 0 heterocycles. The number of benzene rings is 1. The Bertz CT molecular complexity index is 343. The predicted octanol–water partition coefficient (Wildman–Crippen LogP) is 4.89. The van der Waals surface area contributed by atoms with Crippen molar-refractivity contribution in [3.8, 4) is 0 Å². The SMILES string of the molecule is CCCC(C)(CCl)Cc1cc(C)ccc1C. The van der Waals surface area contributed by atoms with Crippen molar-refractivity contribution < 1.29 is 0 Å². The zero-order chi connectivity index (χ0) is 12.2. The molecule has 0 aliphatic rings. The van der Waals surface area contributed by atoms with Crippen molar-refractivity contribution in [3.05, 3.63) is 34.9 Å². The summed E-state index contributed by atoms with van der Waals surface area (Å²) in [5.74, 6) is 0.744. The van der Waals surface area contributed by atoms with Crippen molar-refractivity contribution in [3.63, 3.8) is 0 Å². The van der Waals surface area contributed by atoms with Gasteiger partial charge in [0.15, 0.2) is 0 Å². The summed E-state index contributed by atoms with van der Waals surface area (Å²) < 4.78 is 0. The first-order chi connectivity index (χ1) is 7.50. The summed E-state index contributed by atoms with van der Waals surface area (Å²) in [5.41, 5.74) is 4.43. The van der Waals surface area contributed by atoms with E-state index in [0.717, 1.165) is 12.3 Å². The van der Waals surface area contributed by atoms with Crippen molar-refractivity contribution >= 4 is 11.6 Å². The highest BCUT2D eigenvalue weighted by Gasteiger charge is 2.23. The second-order valence-electron chi connectivity index (χ2n) is 5.30. The van der Waals surface area contributed by atoms with Gasteiger partial charge in [0.25, 0.3) is 0 Å². The molecule has 90 valence electrons. The summed E-state index contributed by atoms with van der Waals surface area (Å²) >= 11 is 6.13. The van der Waals surface area contributed by atoms with E-state index in [-0.39, 0.29) is 5.41 Å². The first-order valence-electron chi connectivity index (χ1n) is 6.13. The van der Waals surface area contributed by atoms with Crippen molar-refractivity contribution in [2.75, 3.05) is 5.88 Å². The fourth-order valence-electron chi connectivity index (χ4n) is 2.26. The van der Waals surface area contributed by atoms with Crippen LogP contribution >= 0.6 is 11.6 Å². The van der Waals surface area contributed by atoms with E-state index >= 15 is 0 Å². The highest BCUT2D eigenvalue weighted by atomic mass is 35.5. The van der Waals surface area contributed by atoms with Gasteiger partial charge in [-0.1, -0.05) is 44.0 Å². The Morgan fingerprint density at radius 1 is 1.25 bits per heavy atom. The first kappa shape index (κ1) is 13.6. The molecular formula is C15H23Cl. The molecule has 0 saturated carbocycles. The summed E-state index contributed by atoms with van der Waals surface area (Å²) in [4.78, 5) is 0. The standard InChI is InChI=1S/C15H23Cl/c1-5-8-15(4,11-16)10-14-9-12(2)6-7-13(14)3/h6-7,9H,5,8,10-11H2,1-4H3. The van der Waals surface area contributed by atoms with E-state index < -0.39 is 0 Å². The normalized spacial score (nSPS) is 14.8. The third-order valence-corrected chi connectivity index (χ3v) is 3.94. The molecule has 0 nitrogen and oxygen atoms in total. The van der Waals surface area contributed by atoms with Crippen LogP contribution in [0, 0.1) is 19.3 Å². The van der Waals surface area contributed by atoms with Gasteiger partial charge < -0.3 is 0 Å². The molecule has 0 fully saturated rings. The smallest absolute Gasteiger partial charge is 0.0280 e. The monoisotopic (exact) mass is 238 g/mol. The van der Waals surface area contributed by atoms with Crippen LogP contribution < -0.4 is 0 Å². The lowest BCUT2D eigenvalue weighted by Crippen LogP contribution is -2.22. The van der Waals surface area contributed by atoms with Gasteiger partial charge in [0.1, 0.15) is 0 Å². The van der Waals surface area contributed by atoms with Gasteiger partial charge in [-0.3, -0.25) is 0 Å². The molecule has 0 radical (unpaired) electrons. The quantitative estimate of drug-likeness (QED) is 0.641. The van der Waals surface area contributed by atoms with Crippen LogP contribution in [-0.2, 0) is 6.42 Å². The topological polar surface area (TPSA) is 0 Å². The molecular weight excluding hydrogens is 216 g/mol. The molecule has 0 bridgehead atoms.